The molecule has 0 atom stereocenters. The van der Waals surface area contributed by atoms with Crippen molar-refractivity contribution >= 4 is 84.9 Å². The summed E-state index contributed by atoms with van der Waals surface area (Å²) >= 11 is 0. The number of hydrogen-bond donors (Lipinski definition) is 0. The molecular weight excluding hydrogens is 865 g/mol. The molecule has 4 heteroatoms. The Kier molecular flexibility index (Phi) is 10.2. The van der Waals surface area contributed by atoms with Gasteiger partial charge in [0, 0.05) is 44.9 Å². The van der Waals surface area contributed by atoms with Crippen LogP contribution in [0.3, 0.4) is 0 Å². The minimum absolute atomic E-state index is 0.872. The smallest absolute Gasteiger partial charge is 0.180 e. The Morgan fingerprint density at radius 3 is 1.19 bits per heavy atom. The fourth-order valence-electron chi connectivity index (χ4n) is 11.0. The summed E-state index contributed by atoms with van der Waals surface area (Å²) in [5.41, 5.74) is 15.5. The van der Waals surface area contributed by atoms with E-state index in [1.54, 1.807) is 0 Å². The van der Waals surface area contributed by atoms with Gasteiger partial charge in [-0.15, -0.1) is 0 Å². The summed E-state index contributed by atoms with van der Waals surface area (Å²) < 4.78 is 6.39. The van der Waals surface area contributed by atoms with E-state index in [9.17, 15) is 0 Å². The van der Waals surface area contributed by atoms with Gasteiger partial charge in [0.15, 0.2) is 8.07 Å². The molecule has 0 radical (unpaired) electrons. The molecule has 0 amide bonds. The first-order chi connectivity index (χ1) is 34.7. The van der Waals surface area contributed by atoms with Crippen LogP contribution in [-0.2, 0) is 0 Å². The number of nitrogens with zero attached hydrogens (tertiary/aromatic N) is 2. The lowest BCUT2D eigenvalue weighted by molar-refractivity contribution is 0.669. The van der Waals surface area contributed by atoms with Crippen LogP contribution >= 0.6 is 0 Å². The van der Waals surface area contributed by atoms with Crippen molar-refractivity contribution in [3.8, 4) is 33.4 Å². The zero-order valence-electron chi connectivity index (χ0n) is 38.4. The first-order valence-electron chi connectivity index (χ1n) is 24.0. The van der Waals surface area contributed by atoms with Gasteiger partial charge in [-0.25, -0.2) is 0 Å². The largest absolute Gasteiger partial charge is 0.456 e. The maximum atomic E-state index is 6.39. The van der Waals surface area contributed by atoms with Crippen LogP contribution in [0, 0.1) is 0 Å². The Morgan fingerprint density at radius 1 is 0.257 bits per heavy atom. The SMILES string of the molecule is c1ccc(-c2cccc(N(c3ccccc3)c3ccc4c(c3)-c3cc(N(c5cccc(-c6ccccc6)c5)c5ccc6oc7ccccc7c6c5)ccc3[Si]4(c3ccccc3)c3ccccc3)c2)cc1. The van der Waals surface area contributed by atoms with Crippen molar-refractivity contribution in [1.82, 2.24) is 0 Å². The van der Waals surface area contributed by atoms with Crippen molar-refractivity contribution in [2.45, 2.75) is 0 Å². The van der Waals surface area contributed by atoms with Crippen molar-refractivity contribution in [2.24, 2.45) is 0 Å². The van der Waals surface area contributed by atoms with E-state index in [2.05, 4.69) is 283 Å². The predicted octanol–water partition coefficient (Wildman–Crippen LogP) is 15.2. The molecule has 1 aliphatic heterocycles. The number of para-hydroxylation sites is 2. The van der Waals surface area contributed by atoms with Gasteiger partial charge >= 0.3 is 0 Å². The van der Waals surface area contributed by atoms with Crippen LogP contribution in [0.1, 0.15) is 0 Å². The molecule has 70 heavy (non-hydrogen) atoms. The fraction of sp³-hybridized carbons (Fsp3) is 0. The highest BCUT2D eigenvalue weighted by molar-refractivity contribution is 7.22. The maximum absolute atomic E-state index is 6.39. The zero-order valence-corrected chi connectivity index (χ0v) is 39.4. The maximum Gasteiger partial charge on any atom is 0.180 e. The molecule has 330 valence electrons. The lowest BCUT2D eigenvalue weighted by Crippen LogP contribution is -2.72. The van der Waals surface area contributed by atoms with Gasteiger partial charge in [-0.05, 0) is 139 Å². The van der Waals surface area contributed by atoms with Crippen LogP contribution in [0.2, 0.25) is 0 Å². The van der Waals surface area contributed by atoms with E-state index in [-0.39, 0.29) is 0 Å². The van der Waals surface area contributed by atoms with Crippen molar-refractivity contribution in [3.63, 3.8) is 0 Å². The van der Waals surface area contributed by atoms with E-state index in [4.69, 9.17) is 4.42 Å². The van der Waals surface area contributed by atoms with Crippen LogP contribution in [0.5, 0.6) is 0 Å². The Bertz CT molecular complexity index is 3800. The topological polar surface area (TPSA) is 19.6 Å². The molecule has 0 aliphatic carbocycles. The number of rotatable bonds is 10. The van der Waals surface area contributed by atoms with E-state index in [0.717, 1.165) is 61.6 Å². The third kappa shape index (κ3) is 6.96. The second-order valence-electron chi connectivity index (χ2n) is 18.1. The molecule has 0 fully saturated rings. The van der Waals surface area contributed by atoms with E-state index in [1.807, 2.05) is 6.07 Å². The number of benzene rings is 11. The molecule has 0 N–H and O–H groups in total. The summed E-state index contributed by atoms with van der Waals surface area (Å²) in [4.78, 5) is 4.84. The van der Waals surface area contributed by atoms with Crippen LogP contribution in [0.25, 0.3) is 55.3 Å². The number of fused-ring (bicyclic) bond motifs is 6. The zero-order chi connectivity index (χ0) is 46.4. The Hall–Kier alpha value is -8.96. The lowest BCUT2D eigenvalue weighted by Gasteiger charge is -2.32. The lowest BCUT2D eigenvalue weighted by atomic mass is 10.0. The van der Waals surface area contributed by atoms with Crippen molar-refractivity contribution in [3.05, 3.63) is 279 Å². The summed E-state index contributed by atoms with van der Waals surface area (Å²) in [6, 6.07) is 102. The first kappa shape index (κ1) is 41.2. The summed E-state index contributed by atoms with van der Waals surface area (Å²) in [5.74, 6) is 0. The fourth-order valence-corrected chi connectivity index (χ4v) is 16.1. The minimum atomic E-state index is -2.87. The molecule has 0 bridgehead atoms. The molecule has 0 spiro atoms. The Morgan fingerprint density at radius 2 is 0.643 bits per heavy atom. The predicted molar refractivity (Wildman–Crippen MR) is 297 cm³/mol. The molecule has 2 heterocycles. The first-order valence-corrected chi connectivity index (χ1v) is 26.0. The molecule has 3 nitrogen and oxygen atoms in total. The highest BCUT2D eigenvalue weighted by atomic mass is 28.3. The molecular formula is C66H46N2OSi. The average Bonchev–Trinajstić information content (AvgIpc) is 3.95. The normalized spacial score (nSPS) is 12.4. The van der Waals surface area contributed by atoms with E-state index in [0.29, 0.717) is 0 Å². The second kappa shape index (κ2) is 17.3. The van der Waals surface area contributed by atoms with Crippen LogP contribution < -0.4 is 30.5 Å². The van der Waals surface area contributed by atoms with Gasteiger partial charge < -0.3 is 14.2 Å². The summed E-state index contributed by atoms with van der Waals surface area (Å²) in [7, 11) is -2.87. The highest BCUT2D eigenvalue weighted by Crippen LogP contribution is 2.44. The number of anilines is 6. The van der Waals surface area contributed by atoms with Gasteiger partial charge in [0.05, 0.1) is 0 Å². The van der Waals surface area contributed by atoms with Gasteiger partial charge in [-0.3, -0.25) is 0 Å². The van der Waals surface area contributed by atoms with Crippen molar-refractivity contribution in [1.29, 1.82) is 0 Å². The van der Waals surface area contributed by atoms with Crippen LogP contribution in [0.15, 0.2) is 283 Å². The monoisotopic (exact) mass is 910 g/mol. The molecule has 13 rings (SSSR count). The van der Waals surface area contributed by atoms with Crippen LogP contribution in [0.4, 0.5) is 34.1 Å². The molecule has 1 aromatic heterocycles. The third-order valence-corrected chi connectivity index (χ3v) is 19.0. The van der Waals surface area contributed by atoms with Crippen molar-refractivity contribution < 1.29 is 4.42 Å². The van der Waals surface area contributed by atoms with Gasteiger partial charge in [0.25, 0.3) is 0 Å². The molecule has 0 unspecified atom stereocenters. The van der Waals surface area contributed by atoms with Gasteiger partial charge in [0.2, 0.25) is 0 Å². The van der Waals surface area contributed by atoms with Crippen LogP contribution in [-0.4, -0.2) is 8.07 Å². The summed E-state index contributed by atoms with van der Waals surface area (Å²) in [5, 5.41) is 7.68. The van der Waals surface area contributed by atoms with Gasteiger partial charge in [0.1, 0.15) is 11.2 Å². The summed E-state index contributed by atoms with van der Waals surface area (Å²) in [6.07, 6.45) is 0. The minimum Gasteiger partial charge on any atom is -0.456 e. The molecule has 0 saturated heterocycles. The molecule has 0 saturated carbocycles. The van der Waals surface area contributed by atoms with Gasteiger partial charge in [-0.1, -0.05) is 194 Å². The number of hydrogen-bond acceptors (Lipinski definition) is 3. The molecule has 11 aromatic carbocycles. The van der Waals surface area contributed by atoms with E-state index in [1.165, 1.54) is 48.6 Å². The quantitative estimate of drug-likeness (QED) is 0.128. The summed E-state index contributed by atoms with van der Waals surface area (Å²) in [6.45, 7) is 0. The number of furan rings is 1. The van der Waals surface area contributed by atoms with Gasteiger partial charge in [-0.2, -0.15) is 0 Å². The van der Waals surface area contributed by atoms with E-state index >= 15 is 0 Å². The average molecular weight is 911 g/mol. The Labute approximate surface area is 409 Å². The van der Waals surface area contributed by atoms with Crippen molar-refractivity contribution in [2.75, 3.05) is 9.80 Å². The standard InChI is InChI=1S/C66H46N2OSi/c1-6-20-47(21-7-1)49-24-18-28-52(42-49)67(51-26-10-3-11-27-51)55-37-40-65-61(45-55)62-46-56(38-41-66(62)70(65,57-30-12-4-13-31-57)58-32-14-5-15-33-58)68(53-29-19-25-50(43-53)48-22-8-2-9-23-48)54-36-39-64-60(44-54)59-34-16-17-35-63(59)69-64/h1-46H. The second-order valence-corrected chi connectivity index (χ2v) is 21.8. The highest BCUT2D eigenvalue weighted by Gasteiger charge is 2.49. The molecule has 1 aliphatic rings. The Balaban J connectivity index is 1.06. The third-order valence-electron chi connectivity index (χ3n) is 14.1. The molecule has 12 aromatic rings. The van der Waals surface area contributed by atoms with E-state index < -0.39 is 8.07 Å².